The van der Waals surface area contributed by atoms with Crippen molar-refractivity contribution < 1.29 is 64.8 Å². The Morgan fingerprint density at radius 1 is 0.700 bits per heavy atom. The van der Waals surface area contributed by atoms with Gasteiger partial charge in [-0.15, -0.1) is 0 Å². The summed E-state index contributed by atoms with van der Waals surface area (Å²) in [5, 5.41) is 29.5. The Morgan fingerprint density at radius 3 is 0.700 bits per heavy atom. The third kappa shape index (κ3) is 7260. The minimum Gasteiger partial charge on any atom is -0.356 e. The summed E-state index contributed by atoms with van der Waals surface area (Å²) in [6.45, 7) is 0. The molecular weight excluding hydrogens is 349 g/mol. The van der Waals surface area contributed by atoms with Gasteiger partial charge in [0.05, 0.1) is 10.2 Å². The van der Waals surface area contributed by atoms with Crippen LogP contribution in [0.25, 0.3) is 0 Å². The Morgan fingerprint density at radius 2 is 0.700 bits per heavy atom. The van der Waals surface area contributed by atoms with Crippen LogP contribution in [0.5, 0.6) is 0 Å². The molecule has 0 fully saturated rings. The first-order valence-electron chi connectivity index (χ1n) is 1.10. The maximum absolute atomic E-state index is 8.25. The van der Waals surface area contributed by atoms with E-state index in [9.17, 15) is 0 Å². The first-order valence-corrected chi connectivity index (χ1v) is 1.10. The van der Waals surface area contributed by atoms with E-state index in [1.807, 2.05) is 0 Å². The standard InChI is InChI=1S/2Cd.2NO3/c;;2*2-1(3)4/q2*+2;2*-1. The molecule has 8 nitrogen and oxygen atoms in total. The summed E-state index contributed by atoms with van der Waals surface area (Å²) in [4.78, 5) is 16.5. The van der Waals surface area contributed by atoms with Crippen molar-refractivity contribution in [3.8, 4) is 0 Å². The van der Waals surface area contributed by atoms with Gasteiger partial charge in [-0.2, -0.15) is 0 Å². The van der Waals surface area contributed by atoms with Crippen LogP contribution >= 0.6 is 0 Å². The van der Waals surface area contributed by atoms with Gasteiger partial charge in [-0.3, -0.25) is 0 Å². The molecule has 0 bridgehead atoms. The summed E-state index contributed by atoms with van der Waals surface area (Å²) in [7, 11) is 0. The van der Waals surface area contributed by atoms with Crippen molar-refractivity contribution in [2.75, 3.05) is 0 Å². The molecule has 0 spiro atoms. The van der Waals surface area contributed by atoms with Crippen molar-refractivity contribution in [1.82, 2.24) is 0 Å². The first kappa shape index (κ1) is 22.5. The Labute approximate surface area is 94.7 Å². The average Bonchev–Trinajstić information content (AvgIpc) is 1.25. The van der Waals surface area contributed by atoms with Crippen LogP contribution in [0.3, 0.4) is 0 Å². The summed E-state index contributed by atoms with van der Waals surface area (Å²) in [6.07, 6.45) is 0. The quantitative estimate of drug-likeness (QED) is 0.330. The van der Waals surface area contributed by atoms with E-state index in [4.69, 9.17) is 30.6 Å². The molecule has 0 rings (SSSR count). The predicted octanol–water partition coefficient (Wildman–Crippen LogP) is -0.483. The molecule has 0 aromatic rings. The van der Waals surface area contributed by atoms with Crippen LogP contribution in [0.4, 0.5) is 0 Å². The van der Waals surface area contributed by atoms with Gasteiger partial charge < -0.3 is 30.6 Å². The molecule has 0 N–H and O–H groups in total. The van der Waals surface area contributed by atoms with Gasteiger partial charge in [0.1, 0.15) is 0 Å². The molecule has 0 aliphatic rings. The third-order valence-corrected chi connectivity index (χ3v) is 0. The Kier molecular flexibility index (Phi) is 36.2. The second-order valence-electron chi connectivity index (χ2n) is 0.447. The molecule has 0 radical (unpaired) electrons. The van der Waals surface area contributed by atoms with Crippen molar-refractivity contribution in [2.45, 2.75) is 0 Å². The Balaban J connectivity index is -0.0000000300. The smallest absolute Gasteiger partial charge is 0.356 e. The van der Waals surface area contributed by atoms with Crippen LogP contribution in [-0.2, 0) is 54.6 Å². The molecular formula is Cd2N2O6+2. The summed E-state index contributed by atoms with van der Waals surface area (Å²) in [5.74, 6) is 0. The second-order valence-corrected chi connectivity index (χ2v) is 0.447. The van der Waals surface area contributed by atoms with E-state index in [1.165, 1.54) is 0 Å². The molecule has 0 amide bonds. The van der Waals surface area contributed by atoms with Gasteiger partial charge in [-0.05, 0) is 0 Å². The van der Waals surface area contributed by atoms with Gasteiger partial charge in [0, 0.05) is 0 Å². The van der Waals surface area contributed by atoms with E-state index < -0.39 is 10.2 Å². The summed E-state index contributed by atoms with van der Waals surface area (Å²) in [5.41, 5.74) is 0. The minimum absolute atomic E-state index is 0. The average molecular weight is 349 g/mol. The topological polar surface area (TPSA) is 132 Å². The molecule has 0 aliphatic heterocycles. The van der Waals surface area contributed by atoms with Crippen molar-refractivity contribution in [3.05, 3.63) is 30.6 Å². The molecule has 0 atom stereocenters. The SMILES string of the molecule is O=[N+]([O-])[O-].O=[N+]([O-])[O-].[Cd+2].[Cd+2]. The Hall–Kier alpha value is 0.244. The molecule has 10 heavy (non-hydrogen) atoms. The van der Waals surface area contributed by atoms with E-state index in [-0.39, 0.29) is 54.6 Å². The normalized spacial score (nSPS) is 4.80. The van der Waals surface area contributed by atoms with Gasteiger partial charge in [0.15, 0.2) is 0 Å². The molecule has 0 aromatic heterocycles. The molecule has 0 saturated heterocycles. The minimum atomic E-state index is -1.75. The van der Waals surface area contributed by atoms with Crippen LogP contribution in [0.2, 0.25) is 0 Å². The monoisotopic (exact) mass is 352 g/mol. The van der Waals surface area contributed by atoms with Crippen LogP contribution in [-0.4, -0.2) is 10.2 Å². The van der Waals surface area contributed by atoms with E-state index in [2.05, 4.69) is 0 Å². The maximum atomic E-state index is 8.25. The zero-order valence-electron chi connectivity index (χ0n) is 4.76. The first-order chi connectivity index (χ1) is 3.46. The van der Waals surface area contributed by atoms with E-state index >= 15 is 0 Å². The molecule has 48 valence electrons. The van der Waals surface area contributed by atoms with Gasteiger partial charge in [0.2, 0.25) is 0 Å². The molecule has 0 heterocycles. The summed E-state index contributed by atoms with van der Waals surface area (Å²) < 4.78 is 0. The molecule has 10 heteroatoms. The van der Waals surface area contributed by atoms with Crippen LogP contribution in [0.15, 0.2) is 0 Å². The van der Waals surface area contributed by atoms with Crippen molar-refractivity contribution in [3.63, 3.8) is 0 Å². The fraction of sp³-hybridized carbons (Fsp3) is 0. The van der Waals surface area contributed by atoms with Crippen LogP contribution in [0.1, 0.15) is 0 Å². The van der Waals surface area contributed by atoms with Gasteiger partial charge in [-0.1, -0.05) is 0 Å². The van der Waals surface area contributed by atoms with Crippen LogP contribution in [0, 0.1) is 30.6 Å². The number of hydrogen-bond donors (Lipinski definition) is 0. The summed E-state index contributed by atoms with van der Waals surface area (Å²) in [6, 6.07) is 0. The summed E-state index contributed by atoms with van der Waals surface area (Å²) >= 11 is 0. The van der Waals surface area contributed by atoms with Gasteiger partial charge in [0.25, 0.3) is 0 Å². The fourth-order valence-electron chi connectivity index (χ4n) is 0. The molecule has 0 saturated carbocycles. The van der Waals surface area contributed by atoms with Gasteiger partial charge >= 0.3 is 54.6 Å². The second kappa shape index (κ2) is 16.1. The zero-order chi connectivity index (χ0) is 7.15. The fourth-order valence-corrected chi connectivity index (χ4v) is 0. The molecule has 0 unspecified atom stereocenters. The van der Waals surface area contributed by atoms with Crippen LogP contribution < -0.4 is 0 Å². The van der Waals surface area contributed by atoms with Crippen molar-refractivity contribution >= 4 is 0 Å². The number of rotatable bonds is 0. The van der Waals surface area contributed by atoms with Crippen molar-refractivity contribution in [2.24, 2.45) is 0 Å². The Bertz CT molecular complexity index is 71.7. The molecule has 0 aliphatic carbocycles. The molecule has 0 aromatic carbocycles. The number of nitrogens with zero attached hydrogens (tertiary/aromatic N) is 2. The predicted molar refractivity (Wildman–Crippen MR) is 20.7 cm³/mol. The van der Waals surface area contributed by atoms with Gasteiger partial charge in [-0.25, -0.2) is 0 Å². The largest absolute Gasteiger partial charge is 2.00 e. The van der Waals surface area contributed by atoms with E-state index in [0.29, 0.717) is 0 Å². The third-order valence-electron chi connectivity index (χ3n) is 0. The zero-order valence-corrected chi connectivity index (χ0v) is 12.8. The van der Waals surface area contributed by atoms with E-state index in [1.54, 1.807) is 0 Å². The van der Waals surface area contributed by atoms with Crippen molar-refractivity contribution in [1.29, 1.82) is 0 Å². The number of hydrogen-bond acceptors (Lipinski definition) is 6. The van der Waals surface area contributed by atoms with E-state index in [0.717, 1.165) is 0 Å². The maximum Gasteiger partial charge on any atom is 2.00 e.